The van der Waals surface area contributed by atoms with Crippen LogP contribution in [-0.2, 0) is 4.74 Å². The van der Waals surface area contributed by atoms with Crippen molar-refractivity contribution in [3.05, 3.63) is 35.4 Å². The van der Waals surface area contributed by atoms with Gasteiger partial charge in [0, 0.05) is 32.3 Å². The van der Waals surface area contributed by atoms with Crippen LogP contribution in [0.2, 0.25) is 0 Å². The van der Waals surface area contributed by atoms with Crippen molar-refractivity contribution >= 4 is 0 Å². The van der Waals surface area contributed by atoms with E-state index in [1.807, 2.05) is 0 Å². The molecule has 2 N–H and O–H groups in total. The maximum atomic E-state index is 6.30. The predicted octanol–water partition coefficient (Wildman–Crippen LogP) is 2.50. The molecule has 1 heterocycles. The van der Waals surface area contributed by atoms with Crippen molar-refractivity contribution in [2.75, 3.05) is 26.2 Å². The topological polar surface area (TPSA) is 38.5 Å². The van der Waals surface area contributed by atoms with E-state index in [4.69, 9.17) is 10.5 Å². The Balaban J connectivity index is 1.84. The predicted molar refractivity (Wildman–Crippen MR) is 79.2 cm³/mol. The minimum Gasteiger partial charge on any atom is -0.377 e. The summed E-state index contributed by atoms with van der Waals surface area (Å²) >= 11 is 0. The molecule has 1 fully saturated rings. The smallest absolute Gasteiger partial charge is 0.0673 e. The molecule has 0 aliphatic carbocycles. The molecular formula is C16H26N2O. The van der Waals surface area contributed by atoms with Crippen molar-refractivity contribution in [1.29, 1.82) is 0 Å². The third kappa shape index (κ3) is 4.60. The van der Waals surface area contributed by atoms with E-state index >= 15 is 0 Å². The van der Waals surface area contributed by atoms with E-state index in [9.17, 15) is 0 Å². The van der Waals surface area contributed by atoms with Crippen LogP contribution in [0.4, 0.5) is 0 Å². The molecule has 3 nitrogen and oxygen atoms in total. The molecule has 0 amide bonds. The zero-order valence-corrected chi connectivity index (χ0v) is 12.1. The highest BCUT2D eigenvalue weighted by Crippen LogP contribution is 2.16. The number of hydrogen-bond acceptors (Lipinski definition) is 3. The molecule has 2 atom stereocenters. The molecular weight excluding hydrogens is 236 g/mol. The van der Waals surface area contributed by atoms with Gasteiger partial charge in [-0.15, -0.1) is 0 Å². The molecule has 0 bridgehead atoms. The average Bonchev–Trinajstić information content (AvgIpc) is 2.60. The van der Waals surface area contributed by atoms with Gasteiger partial charge in [0.05, 0.1) is 6.10 Å². The zero-order valence-electron chi connectivity index (χ0n) is 12.1. The summed E-state index contributed by atoms with van der Waals surface area (Å²) in [6.07, 6.45) is 2.48. The van der Waals surface area contributed by atoms with E-state index < -0.39 is 0 Å². The molecule has 1 saturated heterocycles. The normalized spacial score (nSPS) is 23.0. The van der Waals surface area contributed by atoms with Crippen molar-refractivity contribution in [3.63, 3.8) is 0 Å². The summed E-state index contributed by atoms with van der Waals surface area (Å²) in [5.74, 6) is 0. The molecule has 1 aliphatic rings. The molecule has 0 saturated carbocycles. The van der Waals surface area contributed by atoms with Crippen molar-refractivity contribution in [3.8, 4) is 0 Å². The standard InChI is InChI=1S/C16H26N2O/c1-13-5-3-6-15(11-13)16(17)7-9-18-8-4-10-19-14(2)12-18/h3,5-6,11,14,16H,4,7-10,12,17H2,1-2H3. The Bertz CT molecular complexity index is 394. The Morgan fingerprint density at radius 2 is 2.32 bits per heavy atom. The van der Waals surface area contributed by atoms with Crippen LogP contribution in [0.1, 0.15) is 36.9 Å². The highest BCUT2D eigenvalue weighted by atomic mass is 16.5. The Morgan fingerprint density at radius 1 is 1.47 bits per heavy atom. The number of nitrogens with two attached hydrogens (primary N) is 1. The Kier molecular flexibility index (Phi) is 5.37. The van der Waals surface area contributed by atoms with E-state index in [0.29, 0.717) is 6.10 Å². The third-order valence-corrected chi connectivity index (χ3v) is 3.76. The fraction of sp³-hybridized carbons (Fsp3) is 0.625. The average molecular weight is 262 g/mol. The molecule has 0 aromatic heterocycles. The van der Waals surface area contributed by atoms with Gasteiger partial charge in [0.25, 0.3) is 0 Å². The Labute approximate surface area is 116 Å². The van der Waals surface area contributed by atoms with E-state index in [1.54, 1.807) is 0 Å². The van der Waals surface area contributed by atoms with E-state index in [0.717, 1.165) is 39.1 Å². The molecule has 1 aromatic rings. The highest BCUT2D eigenvalue weighted by molar-refractivity contribution is 5.24. The number of hydrogen-bond donors (Lipinski definition) is 1. The van der Waals surface area contributed by atoms with Gasteiger partial charge in [-0.25, -0.2) is 0 Å². The van der Waals surface area contributed by atoms with Gasteiger partial charge < -0.3 is 15.4 Å². The fourth-order valence-corrected chi connectivity index (χ4v) is 2.67. The van der Waals surface area contributed by atoms with Gasteiger partial charge in [-0.05, 0) is 32.3 Å². The molecule has 19 heavy (non-hydrogen) atoms. The highest BCUT2D eigenvalue weighted by Gasteiger charge is 2.16. The second-order valence-corrected chi connectivity index (χ2v) is 5.64. The van der Waals surface area contributed by atoms with Gasteiger partial charge in [-0.1, -0.05) is 29.8 Å². The molecule has 0 radical (unpaired) electrons. The first-order valence-electron chi connectivity index (χ1n) is 7.31. The van der Waals surface area contributed by atoms with E-state index in [1.165, 1.54) is 11.1 Å². The summed E-state index contributed by atoms with van der Waals surface area (Å²) in [6.45, 7) is 8.37. The van der Waals surface area contributed by atoms with Crippen molar-refractivity contribution < 1.29 is 4.74 Å². The van der Waals surface area contributed by atoms with Crippen LogP contribution in [0.5, 0.6) is 0 Å². The van der Waals surface area contributed by atoms with Crippen LogP contribution in [0, 0.1) is 6.92 Å². The largest absolute Gasteiger partial charge is 0.377 e. The van der Waals surface area contributed by atoms with Crippen LogP contribution >= 0.6 is 0 Å². The summed E-state index contributed by atoms with van der Waals surface area (Å²) in [6, 6.07) is 8.67. The number of aryl methyl sites for hydroxylation is 1. The lowest BCUT2D eigenvalue weighted by Crippen LogP contribution is -2.32. The van der Waals surface area contributed by atoms with Gasteiger partial charge in [0.1, 0.15) is 0 Å². The molecule has 2 unspecified atom stereocenters. The fourth-order valence-electron chi connectivity index (χ4n) is 2.67. The molecule has 2 rings (SSSR count). The summed E-state index contributed by atoms with van der Waals surface area (Å²) in [7, 11) is 0. The second-order valence-electron chi connectivity index (χ2n) is 5.64. The quantitative estimate of drug-likeness (QED) is 0.906. The molecule has 106 valence electrons. The first-order valence-corrected chi connectivity index (χ1v) is 7.31. The van der Waals surface area contributed by atoms with Crippen LogP contribution in [-0.4, -0.2) is 37.2 Å². The lowest BCUT2D eigenvalue weighted by atomic mass is 10.0. The molecule has 1 aromatic carbocycles. The number of benzene rings is 1. The monoisotopic (exact) mass is 262 g/mol. The van der Waals surface area contributed by atoms with Gasteiger partial charge in [0.15, 0.2) is 0 Å². The van der Waals surface area contributed by atoms with Crippen LogP contribution in [0.3, 0.4) is 0 Å². The van der Waals surface area contributed by atoms with Crippen LogP contribution < -0.4 is 5.73 Å². The summed E-state index contributed by atoms with van der Waals surface area (Å²) in [4.78, 5) is 2.48. The zero-order chi connectivity index (χ0) is 13.7. The molecule has 3 heteroatoms. The third-order valence-electron chi connectivity index (χ3n) is 3.76. The van der Waals surface area contributed by atoms with Crippen LogP contribution in [0.15, 0.2) is 24.3 Å². The van der Waals surface area contributed by atoms with Gasteiger partial charge in [0.2, 0.25) is 0 Å². The van der Waals surface area contributed by atoms with Gasteiger partial charge in [-0.2, -0.15) is 0 Å². The molecule has 0 spiro atoms. The summed E-state index contributed by atoms with van der Waals surface area (Å²) in [5.41, 5.74) is 8.83. The lowest BCUT2D eigenvalue weighted by molar-refractivity contribution is 0.0674. The Morgan fingerprint density at radius 3 is 3.11 bits per heavy atom. The SMILES string of the molecule is Cc1cccc(C(N)CCN2CCCOC(C)C2)c1. The first-order chi connectivity index (χ1) is 9.15. The van der Waals surface area contributed by atoms with Gasteiger partial charge >= 0.3 is 0 Å². The van der Waals surface area contributed by atoms with Gasteiger partial charge in [-0.3, -0.25) is 0 Å². The number of rotatable bonds is 4. The van der Waals surface area contributed by atoms with Crippen molar-refractivity contribution in [2.45, 2.75) is 38.8 Å². The maximum absolute atomic E-state index is 6.30. The van der Waals surface area contributed by atoms with Crippen molar-refractivity contribution in [1.82, 2.24) is 4.90 Å². The number of nitrogens with zero attached hydrogens (tertiary/aromatic N) is 1. The van der Waals surface area contributed by atoms with E-state index in [-0.39, 0.29) is 6.04 Å². The van der Waals surface area contributed by atoms with Crippen LogP contribution in [0.25, 0.3) is 0 Å². The number of ether oxygens (including phenoxy) is 1. The Hall–Kier alpha value is -0.900. The summed E-state index contributed by atoms with van der Waals surface area (Å²) < 4.78 is 5.67. The minimum atomic E-state index is 0.138. The maximum Gasteiger partial charge on any atom is 0.0673 e. The van der Waals surface area contributed by atoms with Crippen molar-refractivity contribution in [2.24, 2.45) is 5.73 Å². The first kappa shape index (κ1) is 14.5. The lowest BCUT2D eigenvalue weighted by Gasteiger charge is -2.23. The molecule has 1 aliphatic heterocycles. The summed E-state index contributed by atoms with van der Waals surface area (Å²) in [5, 5.41) is 0. The van der Waals surface area contributed by atoms with E-state index in [2.05, 4.69) is 43.0 Å². The minimum absolute atomic E-state index is 0.138. The second kappa shape index (κ2) is 7.04.